The summed E-state index contributed by atoms with van der Waals surface area (Å²) in [6.45, 7) is 4.24. The standard InChI is InChI=1S/C13H18N4S/c1-9-7-18-12-11(9)16-8-17-13(12)15-6-4-10-3-2-5-14-10/h7-8,10,14H,2-6H2,1H3,(H,15,16,17). The van der Waals surface area contributed by atoms with Crippen LogP contribution >= 0.6 is 11.3 Å². The maximum atomic E-state index is 4.35. The van der Waals surface area contributed by atoms with Crippen molar-refractivity contribution in [2.75, 3.05) is 18.4 Å². The number of fused-ring (bicyclic) bond motifs is 1. The molecular formula is C13H18N4S. The van der Waals surface area contributed by atoms with Gasteiger partial charge >= 0.3 is 0 Å². The van der Waals surface area contributed by atoms with Crippen LogP contribution in [-0.4, -0.2) is 29.1 Å². The van der Waals surface area contributed by atoms with E-state index in [4.69, 9.17) is 0 Å². The van der Waals surface area contributed by atoms with Gasteiger partial charge in [-0.25, -0.2) is 9.97 Å². The van der Waals surface area contributed by atoms with Gasteiger partial charge in [0.1, 0.15) is 12.1 Å². The summed E-state index contributed by atoms with van der Waals surface area (Å²) in [5, 5.41) is 9.10. The second-order valence-corrected chi connectivity index (χ2v) is 5.71. The number of rotatable bonds is 4. The van der Waals surface area contributed by atoms with Crippen molar-refractivity contribution >= 4 is 27.4 Å². The topological polar surface area (TPSA) is 49.8 Å². The van der Waals surface area contributed by atoms with Gasteiger partial charge in [-0.15, -0.1) is 11.3 Å². The first kappa shape index (κ1) is 11.9. The van der Waals surface area contributed by atoms with Crippen LogP contribution in [0.2, 0.25) is 0 Å². The van der Waals surface area contributed by atoms with Crippen LogP contribution in [0.5, 0.6) is 0 Å². The molecule has 1 aliphatic rings. The van der Waals surface area contributed by atoms with Gasteiger partial charge in [-0.2, -0.15) is 0 Å². The fraction of sp³-hybridized carbons (Fsp3) is 0.538. The van der Waals surface area contributed by atoms with Crippen LogP contribution in [0.15, 0.2) is 11.7 Å². The Bertz CT molecular complexity index is 531. The normalized spacial score (nSPS) is 19.5. The van der Waals surface area contributed by atoms with Gasteiger partial charge in [0, 0.05) is 12.6 Å². The molecule has 2 aromatic heterocycles. The summed E-state index contributed by atoms with van der Waals surface area (Å²) in [5.41, 5.74) is 2.31. The molecule has 3 rings (SSSR count). The van der Waals surface area contributed by atoms with Gasteiger partial charge in [0.25, 0.3) is 0 Å². The number of thiophene rings is 1. The molecule has 0 spiro atoms. The number of nitrogens with zero attached hydrogens (tertiary/aromatic N) is 2. The van der Waals surface area contributed by atoms with E-state index in [9.17, 15) is 0 Å². The monoisotopic (exact) mass is 262 g/mol. The fourth-order valence-corrected chi connectivity index (χ4v) is 3.43. The molecule has 0 aromatic carbocycles. The lowest BCUT2D eigenvalue weighted by atomic mass is 10.1. The molecule has 5 heteroatoms. The van der Waals surface area contributed by atoms with Gasteiger partial charge in [0.05, 0.1) is 10.2 Å². The Morgan fingerprint density at radius 2 is 2.44 bits per heavy atom. The number of nitrogens with one attached hydrogen (secondary N) is 2. The molecule has 2 N–H and O–H groups in total. The largest absolute Gasteiger partial charge is 0.369 e. The molecule has 1 unspecified atom stereocenters. The van der Waals surface area contributed by atoms with E-state index >= 15 is 0 Å². The zero-order valence-electron chi connectivity index (χ0n) is 10.6. The van der Waals surface area contributed by atoms with Gasteiger partial charge in [-0.1, -0.05) is 0 Å². The van der Waals surface area contributed by atoms with Crippen LogP contribution in [-0.2, 0) is 0 Å². The lowest BCUT2D eigenvalue weighted by Crippen LogP contribution is -2.24. The second-order valence-electron chi connectivity index (χ2n) is 4.83. The van der Waals surface area contributed by atoms with Crippen LogP contribution in [0.1, 0.15) is 24.8 Å². The smallest absolute Gasteiger partial charge is 0.147 e. The molecular weight excluding hydrogens is 244 g/mol. The van der Waals surface area contributed by atoms with Crippen molar-refractivity contribution in [1.82, 2.24) is 15.3 Å². The van der Waals surface area contributed by atoms with E-state index in [-0.39, 0.29) is 0 Å². The predicted molar refractivity (Wildman–Crippen MR) is 76.3 cm³/mol. The Kier molecular flexibility index (Phi) is 3.43. The predicted octanol–water partition coefficient (Wildman–Crippen LogP) is 2.55. The number of aryl methyl sites for hydroxylation is 1. The second kappa shape index (κ2) is 5.20. The molecule has 1 fully saturated rings. The van der Waals surface area contributed by atoms with Crippen LogP contribution in [0, 0.1) is 6.92 Å². The van der Waals surface area contributed by atoms with Crippen LogP contribution in [0.3, 0.4) is 0 Å². The van der Waals surface area contributed by atoms with Gasteiger partial charge in [0.15, 0.2) is 0 Å². The van der Waals surface area contributed by atoms with E-state index in [0.717, 1.165) is 24.3 Å². The summed E-state index contributed by atoms with van der Waals surface area (Å²) in [5.74, 6) is 0.982. The van der Waals surface area contributed by atoms with Gasteiger partial charge in [-0.05, 0) is 43.7 Å². The number of aromatic nitrogens is 2. The third-order valence-corrected chi connectivity index (χ3v) is 4.57. The molecule has 4 nitrogen and oxygen atoms in total. The van der Waals surface area contributed by atoms with Crippen LogP contribution in [0.4, 0.5) is 5.82 Å². The third-order valence-electron chi connectivity index (χ3n) is 3.48. The third kappa shape index (κ3) is 2.33. The molecule has 2 aromatic rings. The maximum Gasteiger partial charge on any atom is 0.147 e. The highest BCUT2D eigenvalue weighted by molar-refractivity contribution is 7.18. The Hall–Kier alpha value is -1.20. The maximum absolute atomic E-state index is 4.35. The minimum Gasteiger partial charge on any atom is -0.369 e. The zero-order valence-corrected chi connectivity index (χ0v) is 11.4. The minimum atomic E-state index is 0.680. The van der Waals surface area contributed by atoms with E-state index in [1.807, 2.05) is 0 Å². The molecule has 96 valence electrons. The van der Waals surface area contributed by atoms with Crippen molar-refractivity contribution in [1.29, 1.82) is 0 Å². The first-order valence-corrected chi connectivity index (χ1v) is 7.38. The van der Waals surface area contributed by atoms with Crippen molar-refractivity contribution in [2.24, 2.45) is 0 Å². The first-order valence-electron chi connectivity index (χ1n) is 6.50. The first-order chi connectivity index (χ1) is 8.84. The summed E-state index contributed by atoms with van der Waals surface area (Å²) in [6, 6.07) is 0.680. The van der Waals surface area contributed by atoms with Crippen LogP contribution < -0.4 is 10.6 Å². The zero-order chi connectivity index (χ0) is 12.4. The fourth-order valence-electron chi connectivity index (χ4n) is 2.46. The summed E-state index contributed by atoms with van der Waals surface area (Å²) < 4.78 is 1.18. The minimum absolute atomic E-state index is 0.680. The van der Waals surface area contributed by atoms with E-state index < -0.39 is 0 Å². The summed E-state index contributed by atoms with van der Waals surface area (Å²) in [7, 11) is 0. The molecule has 1 saturated heterocycles. The van der Waals surface area contributed by atoms with E-state index in [2.05, 4.69) is 32.9 Å². The highest BCUT2D eigenvalue weighted by atomic mass is 32.1. The van der Waals surface area contributed by atoms with Crippen molar-refractivity contribution in [3.63, 3.8) is 0 Å². The molecule has 0 amide bonds. The average molecular weight is 262 g/mol. The highest BCUT2D eigenvalue weighted by Gasteiger charge is 2.13. The van der Waals surface area contributed by atoms with E-state index in [1.54, 1.807) is 17.7 Å². The lowest BCUT2D eigenvalue weighted by Gasteiger charge is -2.11. The Labute approximate surface area is 111 Å². The average Bonchev–Trinajstić information content (AvgIpc) is 3.01. The SMILES string of the molecule is Cc1csc2c(NCCC3CCCN3)ncnc12. The molecule has 1 atom stereocenters. The van der Waals surface area contributed by atoms with Crippen molar-refractivity contribution < 1.29 is 0 Å². The molecule has 0 saturated carbocycles. The van der Waals surface area contributed by atoms with Crippen LogP contribution in [0.25, 0.3) is 10.2 Å². The molecule has 0 radical (unpaired) electrons. The van der Waals surface area contributed by atoms with Gasteiger partial charge in [-0.3, -0.25) is 0 Å². The Morgan fingerprint density at radius 3 is 3.28 bits per heavy atom. The van der Waals surface area contributed by atoms with Gasteiger partial charge < -0.3 is 10.6 Å². The molecule has 3 heterocycles. The summed E-state index contributed by atoms with van der Waals surface area (Å²) in [6.07, 6.45) is 5.43. The highest BCUT2D eigenvalue weighted by Crippen LogP contribution is 2.28. The lowest BCUT2D eigenvalue weighted by molar-refractivity contribution is 0.574. The molecule has 18 heavy (non-hydrogen) atoms. The number of anilines is 1. The van der Waals surface area contributed by atoms with Crippen molar-refractivity contribution in [3.8, 4) is 0 Å². The Balaban J connectivity index is 1.66. The molecule has 0 bridgehead atoms. The van der Waals surface area contributed by atoms with E-state index in [0.29, 0.717) is 6.04 Å². The van der Waals surface area contributed by atoms with Crippen molar-refractivity contribution in [3.05, 3.63) is 17.3 Å². The summed E-state index contributed by atoms with van der Waals surface area (Å²) >= 11 is 1.72. The number of hydrogen-bond acceptors (Lipinski definition) is 5. The Morgan fingerprint density at radius 1 is 1.50 bits per heavy atom. The van der Waals surface area contributed by atoms with Crippen molar-refractivity contribution in [2.45, 2.75) is 32.2 Å². The quantitative estimate of drug-likeness (QED) is 0.889. The van der Waals surface area contributed by atoms with E-state index in [1.165, 1.54) is 29.6 Å². The number of hydrogen-bond donors (Lipinski definition) is 2. The summed E-state index contributed by atoms with van der Waals surface area (Å²) in [4.78, 5) is 8.69. The van der Waals surface area contributed by atoms with Gasteiger partial charge in [0.2, 0.25) is 0 Å². The molecule has 0 aliphatic carbocycles. The molecule has 1 aliphatic heterocycles.